The van der Waals surface area contributed by atoms with Gasteiger partial charge in [-0.3, -0.25) is 0 Å². The molecule has 8 atom stereocenters. The molecule has 10 aliphatic heterocycles. The summed E-state index contributed by atoms with van der Waals surface area (Å²) in [7, 11) is 0. The van der Waals surface area contributed by atoms with Gasteiger partial charge in [-0.1, -0.05) is 0 Å². The Morgan fingerprint density at radius 2 is 1.00 bits per heavy atom. The van der Waals surface area contributed by atoms with Gasteiger partial charge in [0.25, 0.3) is 0 Å². The summed E-state index contributed by atoms with van der Waals surface area (Å²) in [6, 6.07) is 0. The van der Waals surface area contributed by atoms with Gasteiger partial charge < -0.3 is 0 Å². The van der Waals surface area contributed by atoms with Crippen LogP contribution in [-0.4, -0.2) is 7.69 Å². The third-order valence-electron chi connectivity index (χ3n) is 13.1. The second kappa shape index (κ2) is 0.283. The number of hydrogen-bond acceptors (Lipinski definition) is 0. The summed E-state index contributed by atoms with van der Waals surface area (Å²) in [5.41, 5.74) is 0. The van der Waals surface area contributed by atoms with E-state index in [0.29, 0.717) is 7.69 Å². The summed E-state index contributed by atoms with van der Waals surface area (Å²) in [5.74, 6) is 0. The summed E-state index contributed by atoms with van der Waals surface area (Å²) < 4.78 is 0.967. The fraction of sp³-hybridized carbons (Fsp3) is 1.00. The van der Waals surface area contributed by atoms with Crippen molar-refractivity contribution >= 4 is 23.2 Å². The van der Waals surface area contributed by atoms with Crippen molar-refractivity contribution in [1.82, 2.24) is 0 Å². The average Bonchev–Trinajstić information content (AvgIpc) is 3.01. The van der Waals surface area contributed by atoms with E-state index in [1.807, 2.05) is 0 Å². The van der Waals surface area contributed by atoms with Crippen molar-refractivity contribution in [3.63, 3.8) is 0 Å². The first kappa shape index (κ1) is 4.52. The molecule has 0 radical (unpaired) electrons. The Morgan fingerprint density at radius 3 is 1.00 bits per heavy atom. The summed E-state index contributed by atoms with van der Waals surface area (Å²) in [5, 5.41) is 0. The van der Waals surface area contributed by atoms with Crippen LogP contribution in [0.4, 0.5) is 0 Å². The van der Waals surface area contributed by atoms with Crippen molar-refractivity contribution < 1.29 is 6.23 Å². The van der Waals surface area contributed by atoms with Crippen molar-refractivity contribution in [2.24, 2.45) is 0 Å². The first-order valence-electron chi connectivity index (χ1n) is 5.31. The van der Waals surface area contributed by atoms with Crippen molar-refractivity contribution in [2.45, 2.75) is 46.8 Å². The standard InChI is InChI=1S/2C5H4Cl.Ni/c2*6-5-3-1-2-4-5;/h2*1-4H;. The van der Waals surface area contributed by atoms with Gasteiger partial charge in [0.2, 0.25) is 0 Å². The average molecular weight is 258 g/mol. The van der Waals surface area contributed by atoms with E-state index in [1.54, 1.807) is 0 Å². The zero-order valence-corrected chi connectivity index (χ0v) is 9.19. The van der Waals surface area contributed by atoms with Gasteiger partial charge in [0.15, 0.2) is 0 Å². The van der Waals surface area contributed by atoms with Gasteiger partial charge in [0.1, 0.15) is 0 Å². The van der Waals surface area contributed by atoms with Crippen LogP contribution < -0.4 is 0 Å². The summed E-state index contributed by atoms with van der Waals surface area (Å²) in [4.78, 5) is 9.51. The second-order valence-corrected chi connectivity index (χ2v) is 31.3. The van der Waals surface area contributed by atoms with Crippen LogP contribution in [0.1, 0.15) is 0 Å². The van der Waals surface area contributed by atoms with Crippen LogP contribution >= 0.6 is 23.2 Å². The molecule has 13 heavy (non-hydrogen) atoms. The molecule has 10 heterocycles. The van der Waals surface area contributed by atoms with E-state index in [4.69, 9.17) is 23.2 Å². The summed E-state index contributed by atoms with van der Waals surface area (Å²) >= 11 is 14.2. The molecule has 0 saturated carbocycles. The molecule has 3 heteroatoms. The van der Waals surface area contributed by atoms with E-state index >= 15 is 0 Å². The third-order valence-corrected chi connectivity index (χ3v) is 56.7. The number of alkyl halides is 2. The quantitative estimate of drug-likeness (QED) is 0.459. The molecule has 0 nitrogen and oxygen atoms in total. The Bertz CT molecular complexity index is 829. The number of hydrogen-bond donors (Lipinski definition) is 0. The summed E-state index contributed by atoms with van der Waals surface area (Å²) in [6.45, 7) is 0. The van der Waals surface area contributed by atoms with Gasteiger partial charge >= 0.3 is 76.2 Å². The van der Waals surface area contributed by atoms with E-state index in [1.165, 1.54) is 19.6 Å². The Balaban J connectivity index is 2.19. The van der Waals surface area contributed by atoms with Crippen molar-refractivity contribution in [2.75, 3.05) is 0 Å². The van der Waals surface area contributed by atoms with E-state index in [-0.39, 0.29) is 0 Å². The van der Waals surface area contributed by atoms with Crippen LogP contribution in [0, 0.1) is 0 Å². The van der Waals surface area contributed by atoms with Gasteiger partial charge in [0.05, 0.1) is 0 Å². The van der Waals surface area contributed by atoms with Crippen LogP contribution in [0.15, 0.2) is 0 Å². The van der Waals surface area contributed by atoms with Crippen molar-refractivity contribution in [3.8, 4) is 0 Å². The van der Waals surface area contributed by atoms with Crippen molar-refractivity contribution in [3.05, 3.63) is 0 Å². The van der Waals surface area contributed by atoms with Gasteiger partial charge in [-0.2, -0.15) is 0 Å². The van der Waals surface area contributed by atoms with Crippen LogP contribution in [0.3, 0.4) is 0 Å². The first-order chi connectivity index (χ1) is 5.93. The molecule has 0 N–H and O–H groups in total. The van der Waals surface area contributed by atoms with Gasteiger partial charge in [-0.25, -0.2) is 0 Å². The monoisotopic (exact) mass is 256 g/mol. The van der Waals surface area contributed by atoms with Gasteiger partial charge in [-0.05, 0) is 0 Å². The third kappa shape index (κ3) is 0.0311. The zero-order chi connectivity index (χ0) is 7.94. The molecule has 0 aromatic rings. The van der Waals surface area contributed by atoms with E-state index < -0.39 is 6.23 Å². The zero-order valence-electron chi connectivity index (χ0n) is 6.69. The van der Waals surface area contributed by atoms with Crippen LogP contribution in [0.2, 0.25) is 39.1 Å². The van der Waals surface area contributed by atoms with E-state index in [9.17, 15) is 0 Å². The Labute approximate surface area is 76.1 Å². The first-order valence-corrected chi connectivity index (χ1v) is 11.6. The predicted molar refractivity (Wildman–Crippen MR) is 47.2 cm³/mol. The molecule has 0 aromatic heterocycles. The molecule has 0 aromatic carbocycles. The van der Waals surface area contributed by atoms with E-state index in [2.05, 4.69) is 0 Å². The van der Waals surface area contributed by atoms with Crippen molar-refractivity contribution in [1.29, 1.82) is 0 Å². The minimum atomic E-state index is -2.90. The number of halogens is 2. The number of fused-ring (bicyclic) bond motifs is 10. The molecule has 10 aliphatic rings. The van der Waals surface area contributed by atoms with Crippen LogP contribution in [0.5, 0.6) is 0 Å². The molecule has 1 spiro atoms. The normalized spacial score (nSPS) is 158. The Hall–Kier alpha value is 1.07. The Morgan fingerprint density at radius 1 is 0.692 bits per heavy atom. The fourth-order valence-corrected chi connectivity index (χ4v) is 86.5. The second-order valence-electron chi connectivity index (χ2n) is 8.81. The number of rotatable bonds is 0. The molecule has 10 rings (SSSR count). The molecule has 0 bridgehead atoms. The molecule has 72 valence electrons. The fourth-order valence-electron chi connectivity index (χ4n) is 14.1. The maximum absolute atomic E-state index is 7.08. The van der Waals surface area contributed by atoms with Gasteiger partial charge in [-0.15, -0.1) is 0 Å². The Kier molecular flexibility index (Phi) is 0.0983. The molecule has 10 fully saturated rings. The SMILES string of the molecule is Cl[C]12[CH]3[CH]4[CH]5[CH]1[Ni]45321678[CH]2[CH]1[CH]6[C]7(Cl)[CH]28. The van der Waals surface area contributed by atoms with Crippen LogP contribution in [-0.2, 0) is 6.23 Å². The minimum absolute atomic E-state index is 0.484. The van der Waals surface area contributed by atoms with Gasteiger partial charge in [0, 0.05) is 0 Å². The molecule has 10 saturated heterocycles. The maximum atomic E-state index is 7.08. The summed E-state index contributed by atoms with van der Waals surface area (Å²) in [6.07, 6.45) is -2.90. The molecular weight excluding hydrogens is 250 g/mol. The molecule has 8 unspecified atom stereocenters. The van der Waals surface area contributed by atoms with Crippen LogP contribution in [0.25, 0.3) is 0 Å². The molecule has 0 aliphatic carbocycles. The molecule has 0 amide bonds. The predicted octanol–water partition coefficient (Wildman–Crippen LogP) is 3.67. The topological polar surface area (TPSA) is 0 Å². The van der Waals surface area contributed by atoms with E-state index in [0.717, 1.165) is 19.6 Å². The molecular formula is C10H8Cl2Ni.